The van der Waals surface area contributed by atoms with E-state index in [0.717, 1.165) is 32.1 Å². The zero-order valence-corrected chi connectivity index (χ0v) is 14.5. The molecule has 2 aliphatic rings. The molecule has 1 saturated heterocycles. The number of nitriles is 1. The van der Waals surface area contributed by atoms with Gasteiger partial charge in [-0.05, 0) is 25.0 Å². The van der Waals surface area contributed by atoms with Gasteiger partial charge in [-0.2, -0.15) is 5.26 Å². The third kappa shape index (κ3) is 4.29. The Balaban J connectivity index is 1.49. The average molecular weight is 344 g/mol. The minimum Gasteiger partial charge on any atom is -0.367 e. The normalized spacial score (nSPS) is 20.7. The van der Waals surface area contributed by atoms with E-state index in [1.54, 1.807) is 12.1 Å². The number of anilines is 1. The maximum absolute atomic E-state index is 13.9. The number of halogens is 1. The van der Waals surface area contributed by atoms with Gasteiger partial charge < -0.3 is 10.2 Å². The summed E-state index contributed by atoms with van der Waals surface area (Å²) in [6, 6.07) is 9.11. The summed E-state index contributed by atoms with van der Waals surface area (Å²) in [5.41, 5.74) is -0.0538. The van der Waals surface area contributed by atoms with Crippen molar-refractivity contribution in [2.45, 2.75) is 37.6 Å². The number of carbonyl (C=O) groups excluding carboxylic acids is 1. The van der Waals surface area contributed by atoms with Crippen LogP contribution in [-0.4, -0.2) is 49.1 Å². The average Bonchev–Trinajstić information content (AvgIpc) is 2.63. The summed E-state index contributed by atoms with van der Waals surface area (Å²) in [6.45, 7) is 3.10. The lowest BCUT2D eigenvalue weighted by Crippen LogP contribution is -2.54. The van der Waals surface area contributed by atoms with E-state index in [-0.39, 0.29) is 11.7 Å². The predicted molar refractivity (Wildman–Crippen MR) is 94.6 cm³/mol. The third-order valence-corrected chi connectivity index (χ3v) is 5.23. The fraction of sp³-hybridized carbons (Fsp3) is 0.579. The second-order valence-electron chi connectivity index (χ2n) is 7.02. The fourth-order valence-corrected chi connectivity index (χ4v) is 3.78. The van der Waals surface area contributed by atoms with E-state index >= 15 is 0 Å². The summed E-state index contributed by atoms with van der Waals surface area (Å²) in [4.78, 5) is 16.5. The lowest BCUT2D eigenvalue weighted by molar-refractivity contribution is -0.124. The van der Waals surface area contributed by atoms with Crippen molar-refractivity contribution < 1.29 is 9.18 Å². The van der Waals surface area contributed by atoms with Crippen LogP contribution < -0.4 is 10.2 Å². The molecule has 25 heavy (non-hydrogen) atoms. The van der Waals surface area contributed by atoms with Crippen LogP contribution in [0.15, 0.2) is 24.3 Å². The molecule has 0 unspecified atom stereocenters. The highest BCUT2D eigenvalue weighted by Crippen LogP contribution is 2.27. The Morgan fingerprint density at radius 1 is 1.16 bits per heavy atom. The second-order valence-corrected chi connectivity index (χ2v) is 7.02. The molecule has 0 atom stereocenters. The van der Waals surface area contributed by atoms with Crippen molar-refractivity contribution in [1.82, 2.24) is 10.2 Å². The lowest BCUT2D eigenvalue weighted by atomic mass is 9.83. The van der Waals surface area contributed by atoms with Gasteiger partial charge in [0.25, 0.3) is 0 Å². The summed E-state index contributed by atoms with van der Waals surface area (Å²) in [5.74, 6) is -0.287. The van der Waals surface area contributed by atoms with Crippen molar-refractivity contribution in [1.29, 1.82) is 5.26 Å². The van der Waals surface area contributed by atoms with Gasteiger partial charge >= 0.3 is 0 Å². The van der Waals surface area contributed by atoms with Crippen molar-refractivity contribution in [2.75, 3.05) is 37.6 Å². The molecule has 3 rings (SSSR count). The highest BCUT2D eigenvalue weighted by molar-refractivity contribution is 5.79. The van der Waals surface area contributed by atoms with E-state index in [4.69, 9.17) is 0 Å². The molecule has 2 fully saturated rings. The summed E-state index contributed by atoms with van der Waals surface area (Å²) < 4.78 is 13.9. The van der Waals surface area contributed by atoms with E-state index in [0.29, 0.717) is 38.4 Å². The molecule has 1 amide bonds. The van der Waals surface area contributed by atoms with Gasteiger partial charge in [-0.1, -0.05) is 31.4 Å². The van der Waals surface area contributed by atoms with Crippen LogP contribution in [0, 0.1) is 17.1 Å². The Labute approximate surface area is 148 Å². The van der Waals surface area contributed by atoms with Gasteiger partial charge in [0.05, 0.1) is 18.3 Å². The minimum absolute atomic E-state index is 0.0807. The first kappa shape index (κ1) is 17.7. The number of nitrogens with zero attached hydrogens (tertiary/aromatic N) is 3. The largest absolute Gasteiger partial charge is 0.367 e. The zero-order valence-electron chi connectivity index (χ0n) is 14.5. The molecule has 1 saturated carbocycles. The van der Waals surface area contributed by atoms with Gasteiger partial charge in [-0.25, -0.2) is 4.39 Å². The molecule has 1 aromatic carbocycles. The molecule has 1 N–H and O–H groups in total. The monoisotopic (exact) mass is 344 g/mol. The van der Waals surface area contributed by atoms with Crippen molar-refractivity contribution in [2.24, 2.45) is 0 Å². The van der Waals surface area contributed by atoms with Crippen LogP contribution >= 0.6 is 0 Å². The summed E-state index contributed by atoms with van der Waals surface area (Å²) in [7, 11) is 0. The minimum atomic E-state index is -0.676. The molecular formula is C19H25FN4O. The molecule has 6 heteroatoms. The van der Waals surface area contributed by atoms with Gasteiger partial charge in [0.1, 0.15) is 11.4 Å². The SMILES string of the molecule is N#CC1(NC(=O)CN2CCN(c3ccccc3F)CC2)CCCCC1. The lowest BCUT2D eigenvalue weighted by Gasteiger charge is -2.37. The summed E-state index contributed by atoms with van der Waals surface area (Å²) >= 11 is 0. The number of piperazine rings is 1. The van der Waals surface area contributed by atoms with Gasteiger partial charge in [-0.15, -0.1) is 0 Å². The molecular weight excluding hydrogens is 319 g/mol. The van der Waals surface area contributed by atoms with E-state index in [2.05, 4.69) is 16.3 Å². The number of amides is 1. The van der Waals surface area contributed by atoms with Crippen LogP contribution in [-0.2, 0) is 4.79 Å². The second kappa shape index (κ2) is 7.83. The number of rotatable bonds is 4. The smallest absolute Gasteiger partial charge is 0.235 e. The number of para-hydroxylation sites is 1. The topological polar surface area (TPSA) is 59.4 Å². The Morgan fingerprint density at radius 3 is 2.48 bits per heavy atom. The molecule has 0 aromatic heterocycles. The van der Waals surface area contributed by atoms with Crippen molar-refractivity contribution in [3.8, 4) is 6.07 Å². The molecule has 0 bridgehead atoms. The maximum Gasteiger partial charge on any atom is 0.235 e. The first-order valence-corrected chi connectivity index (χ1v) is 9.06. The predicted octanol–water partition coefficient (Wildman–Crippen LogP) is 2.29. The maximum atomic E-state index is 13.9. The molecule has 0 spiro atoms. The fourth-order valence-electron chi connectivity index (χ4n) is 3.78. The van der Waals surface area contributed by atoms with Gasteiger partial charge in [0.15, 0.2) is 0 Å². The molecule has 134 valence electrons. The highest BCUT2D eigenvalue weighted by Gasteiger charge is 2.34. The van der Waals surface area contributed by atoms with Crippen molar-refractivity contribution in [3.63, 3.8) is 0 Å². The number of hydrogen-bond donors (Lipinski definition) is 1. The van der Waals surface area contributed by atoms with Gasteiger partial charge in [0.2, 0.25) is 5.91 Å². The molecule has 1 aliphatic heterocycles. The summed E-state index contributed by atoms with van der Waals surface area (Å²) in [5, 5.41) is 12.4. The van der Waals surface area contributed by atoms with Crippen molar-refractivity contribution >= 4 is 11.6 Å². The molecule has 1 heterocycles. The first-order valence-electron chi connectivity index (χ1n) is 9.06. The van der Waals surface area contributed by atoms with Crippen LogP contribution in [0.1, 0.15) is 32.1 Å². The van der Waals surface area contributed by atoms with E-state index in [9.17, 15) is 14.4 Å². The third-order valence-electron chi connectivity index (χ3n) is 5.23. The van der Waals surface area contributed by atoms with E-state index in [1.165, 1.54) is 6.07 Å². The van der Waals surface area contributed by atoms with Crippen molar-refractivity contribution in [3.05, 3.63) is 30.1 Å². The Bertz CT molecular complexity index is 643. The Kier molecular flexibility index (Phi) is 5.54. The summed E-state index contributed by atoms with van der Waals surface area (Å²) in [6.07, 6.45) is 4.62. The number of carbonyl (C=O) groups is 1. The van der Waals surface area contributed by atoms with Gasteiger partial charge in [0, 0.05) is 26.2 Å². The first-order chi connectivity index (χ1) is 12.1. The van der Waals surface area contributed by atoms with Crippen LogP contribution in [0.4, 0.5) is 10.1 Å². The molecule has 1 aliphatic carbocycles. The number of hydrogen-bond acceptors (Lipinski definition) is 4. The van der Waals surface area contributed by atoms with Crippen LogP contribution in [0.5, 0.6) is 0 Å². The zero-order chi connectivity index (χ0) is 17.7. The van der Waals surface area contributed by atoms with Gasteiger partial charge in [-0.3, -0.25) is 9.69 Å². The molecule has 0 radical (unpaired) electrons. The molecule has 1 aromatic rings. The van der Waals surface area contributed by atoms with E-state index < -0.39 is 5.54 Å². The van der Waals surface area contributed by atoms with Crippen LogP contribution in [0.25, 0.3) is 0 Å². The molecule has 5 nitrogen and oxygen atoms in total. The number of benzene rings is 1. The van der Waals surface area contributed by atoms with Crippen LogP contribution in [0.3, 0.4) is 0 Å². The quantitative estimate of drug-likeness (QED) is 0.910. The Morgan fingerprint density at radius 2 is 1.84 bits per heavy atom. The van der Waals surface area contributed by atoms with Crippen LogP contribution in [0.2, 0.25) is 0 Å². The highest BCUT2D eigenvalue weighted by atomic mass is 19.1. The van der Waals surface area contributed by atoms with E-state index in [1.807, 2.05) is 11.0 Å². The number of nitrogens with one attached hydrogen (secondary N) is 1. The standard InChI is InChI=1S/C19H25FN4O/c20-16-6-2-3-7-17(16)24-12-10-23(11-13-24)14-18(25)22-19(15-21)8-4-1-5-9-19/h2-3,6-7H,1,4-5,8-14H2,(H,22,25). The Hall–Kier alpha value is -2.13.